The molecule has 0 saturated carbocycles. The van der Waals surface area contributed by atoms with Crippen molar-refractivity contribution in [1.29, 1.82) is 0 Å². The molecule has 2 heterocycles. The predicted molar refractivity (Wildman–Crippen MR) is 116 cm³/mol. The van der Waals surface area contributed by atoms with Crippen LogP contribution in [0, 0.1) is 19.8 Å². The molecule has 140 valence electrons. The maximum Gasteiger partial charge on any atom is 0.256 e. The Labute approximate surface area is 166 Å². The van der Waals surface area contributed by atoms with Crippen molar-refractivity contribution in [3.63, 3.8) is 0 Å². The van der Waals surface area contributed by atoms with Gasteiger partial charge in [0.05, 0.1) is 10.9 Å². The lowest BCUT2D eigenvalue weighted by Crippen LogP contribution is -2.33. The number of aromatic nitrogens is 1. The molecule has 2 heteroatoms. The van der Waals surface area contributed by atoms with E-state index in [0.717, 1.165) is 17.9 Å². The molecule has 0 N–H and O–H groups in total. The molecule has 3 aromatic carbocycles. The van der Waals surface area contributed by atoms with Gasteiger partial charge in [0, 0.05) is 17.5 Å². The van der Waals surface area contributed by atoms with E-state index in [1.54, 1.807) is 0 Å². The fraction of sp³-hybridized carbons (Fsp3) is 0.269. The Morgan fingerprint density at radius 3 is 2.50 bits per heavy atom. The lowest BCUT2D eigenvalue weighted by Gasteiger charge is -2.23. The number of ether oxygens (including phenoxy) is 1. The van der Waals surface area contributed by atoms with Crippen molar-refractivity contribution in [2.75, 3.05) is 0 Å². The molecular formula is C26H26NO+. The van der Waals surface area contributed by atoms with Crippen LogP contribution in [0.15, 0.2) is 48.5 Å². The zero-order chi connectivity index (χ0) is 19.6. The topological polar surface area (TPSA) is 13.1 Å². The van der Waals surface area contributed by atoms with Gasteiger partial charge in [-0.2, -0.15) is 4.57 Å². The van der Waals surface area contributed by atoms with E-state index < -0.39 is 0 Å². The average Bonchev–Trinajstić information content (AvgIpc) is 2.64. The highest BCUT2D eigenvalue weighted by molar-refractivity contribution is 6.05. The number of aryl methyl sites for hydroxylation is 2. The Morgan fingerprint density at radius 2 is 1.71 bits per heavy atom. The van der Waals surface area contributed by atoms with Gasteiger partial charge in [-0.05, 0) is 60.4 Å². The molecule has 1 aromatic heterocycles. The minimum Gasteiger partial charge on any atom is -0.450 e. The van der Waals surface area contributed by atoms with Crippen LogP contribution in [-0.2, 0) is 13.5 Å². The first-order valence-electron chi connectivity index (χ1n) is 10.1. The largest absolute Gasteiger partial charge is 0.450 e. The Bertz CT molecular complexity index is 1270. The molecule has 0 unspecified atom stereocenters. The molecule has 0 radical (unpaired) electrons. The fourth-order valence-corrected chi connectivity index (χ4v) is 4.67. The van der Waals surface area contributed by atoms with Gasteiger partial charge in [0.1, 0.15) is 12.8 Å². The van der Waals surface area contributed by atoms with Crippen LogP contribution in [0.2, 0.25) is 0 Å². The van der Waals surface area contributed by atoms with E-state index in [0.29, 0.717) is 5.92 Å². The van der Waals surface area contributed by atoms with Gasteiger partial charge in [-0.1, -0.05) is 38.1 Å². The van der Waals surface area contributed by atoms with E-state index in [9.17, 15) is 0 Å². The summed E-state index contributed by atoms with van der Waals surface area (Å²) in [5.74, 6) is 2.56. The minimum atomic E-state index is 0.619. The van der Waals surface area contributed by atoms with Crippen molar-refractivity contribution in [3.8, 4) is 22.8 Å². The number of fused-ring (bicyclic) bond motifs is 3. The summed E-state index contributed by atoms with van der Waals surface area (Å²) in [6.07, 6.45) is 1.06. The van der Waals surface area contributed by atoms with Gasteiger partial charge in [-0.3, -0.25) is 0 Å². The Morgan fingerprint density at radius 1 is 0.929 bits per heavy atom. The summed E-state index contributed by atoms with van der Waals surface area (Å²) in [5, 5.41) is 3.73. The van der Waals surface area contributed by atoms with Crippen LogP contribution >= 0.6 is 0 Å². The smallest absolute Gasteiger partial charge is 0.256 e. The third-order valence-electron chi connectivity index (χ3n) is 6.04. The quantitative estimate of drug-likeness (QED) is 0.328. The van der Waals surface area contributed by atoms with Crippen molar-refractivity contribution in [1.82, 2.24) is 0 Å². The first-order valence-corrected chi connectivity index (χ1v) is 10.1. The Hall–Kier alpha value is -2.87. The first kappa shape index (κ1) is 17.2. The number of hydrogen-bond acceptors (Lipinski definition) is 1. The van der Waals surface area contributed by atoms with Gasteiger partial charge in [0.15, 0.2) is 5.75 Å². The maximum atomic E-state index is 6.53. The van der Waals surface area contributed by atoms with Gasteiger partial charge in [-0.25, -0.2) is 0 Å². The predicted octanol–water partition coefficient (Wildman–Crippen LogP) is 6.41. The van der Waals surface area contributed by atoms with Gasteiger partial charge < -0.3 is 4.74 Å². The highest BCUT2D eigenvalue weighted by atomic mass is 16.5. The fourth-order valence-electron chi connectivity index (χ4n) is 4.67. The minimum absolute atomic E-state index is 0.619. The SMILES string of the molecule is Cc1cc2cc(CC(C)C)cc3c2c(c1C)-c1c(cc2ccccc2[n+]1C)O3. The Kier molecular flexibility index (Phi) is 3.74. The van der Waals surface area contributed by atoms with Crippen molar-refractivity contribution in [2.45, 2.75) is 34.1 Å². The van der Waals surface area contributed by atoms with E-state index in [2.05, 4.69) is 87.8 Å². The summed E-state index contributed by atoms with van der Waals surface area (Å²) in [5.41, 5.74) is 7.72. The van der Waals surface area contributed by atoms with E-state index in [1.165, 1.54) is 49.6 Å². The van der Waals surface area contributed by atoms with E-state index in [-0.39, 0.29) is 0 Å². The highest BCUT2D eigenvalue weighted by Crippen LogP contribution is 2.48. The summed E-state index contributed by atoms with van der Waals surface area (Å²) in [6, 6.07) is 17.6. The maximum absolute atomic E-state index is 6.53. The molecule has 4 aromatic rings. The number of pyridine rings is 1. The lowest BCUT2D eigenvalue weighted by atomic mass is 9.88. The summed E-state index contributed by atoms with van der Waals surface area (Å²) in [4.78, 5) is 0. The molecule has 0 amide bonds. The zero-order valence-electron chi connectivity index (χ0n) is 17.3. The zero-order valence-corrected chi connectivity index (χ0v) is 17.3. The monoisotopic (exact) mass is 368 g/mol. The van der Waals surface area contributed by atoms with Gasteiger partial charge >= 0.3 is 0 Å². The molecule has 0 saturated heterocycles. The number of para-hydroxylation sites is 1. The Balaban J connectivity index is 1.91. The number of nitrogens with zero attached hydrogens (tertiary/aromatic N) is 1. The second kappa shape index (κ2) is 6.07. The van der Waals surface area contributed by atoms with Crippen molar-refractivity contribution < 1.29 is 9.30 Å². The standard InChI is InChI=1S/C26H26NO/c1-15(2)10-18-12-20-11-16(3)17(4)24-25(20)22(13-18)28-23-14-19-8-6-7-9-21(19)27(5)26(23)24/h6-9,11-15H,10H2,1-5H3/q+1. The van der Waals surface area contributed by atoms with Crippen LogP contribution in [0.3, 0.4) is 0 Å². The van der Waals surface area contributed by atoms with Crippen LogP contribution in [0.1, 0.15) is 30.5 Å². The van der Waals surface area contributed by atoms with Crippen LogP contribution in [0.5, 0.6) is 11.5 Å². The summed E-state index contributed by atoms with van der Waals surface area (Å²) < 4.78 is 8.82. The molecule has 0 bridgehead atoms. The second-order valence-corrected chi connectivity index (χ2v) is 8.56. The molecule has 0 fully saturated rings. The second-order valence-electron chi connectivity index (χ2n) is 8.56. The van der Waals surface area contributed by atoms with Crippen LogP contribution in [0.25, 0.3) is 32.9 Å². The van der Waals surface area contributed by atoms with Crippen LogP contribution in [-0.4, -0.2) is 0 Å². The molecule has 1 aliphatic rings. The lowest BCUT2D eigenvalue weighted by molar-refractivity contribution is -0.633. The highest BCUT2D eigenvalue weighted by Gasteiger charge is 2.31. The van der Waals surface area contributed by atoms with E-state index >= 15 is 0 Å². The molecule has 0 spiro atoms. The molecule has 0 aliphatic carbocycles. The summed E-state index contributed by atoms with van der Waals surface area (Å²) in [6.45, 7) is 8.99. The van der Waals surface area contributed by atoms with Gasteiger partial charge in [0.25, 0.3) is 5.69 Å². The molecule has 2 nitrogen and oxygen atoms in total. The number of rotatable bonds is 2. The summed E-state index contributed by atoms with van der Waals surface area (Å²) >= 11 is 0. The average molecular weight is 369 g/mol. The van der Waals surface area contributed by atoms with Gasteiger partial charge in [-0.15, -0.1) is 0 Å². The van der Waals surface area contributed by atoms with Gasteiger partial charge in [0.2, 0.25) is 5.52 Å². The molecule has 0 atom stereocenters. The van der Waals surface area contributed by atoms with Crippen LogP contribution < -0.4 is 9.30 Å². The number of hydrogen-bond donors (Lipinski definition) is 0. The third-order valence-corrected chi connectivity index (χ3v) is 6.04. The summed E-state index contributed by atoms with van der Waals surface area (Å²) in [7, 11) is 2.15. The normalized spacial score (nSPS) is 12.5. The van der Waals surface area contributed by atoms with E-state index in [4.69, 9.17) is 4.74 Å². The number of benzene rings is 3. The third kappa shape index (κ3) is 2.44. The molecule has 1 aliphatic heterocycles. The first-order chi connectivity index (χ1) is 13.4. The molecular weight excluding hydrogens is 342 g/mol. The van der Waals surface area contributed by atoms with Crippen molar-refractivity contribution >= 4 is 21.7 Å². The van der Waals surface area contributed by atoms with Crippen molar-refractivity contribution in [2.24, 2.45) is 13.0 Å². The van der Waals surface area contributed by atoms with E-state index in [1.807, 2.05) is 0 Å². The molecule has 28 heavy (non-hydrogen) atoms. The molecule has 5 rings (SSSR count). The van der Waals surface area contributed by atoms with Crippen molar-refractivity contribution in [3.05, 3.63) is 65.2 Å². The van der Waals surface area contributed by atoms with Crippen LogP contribution in [0.4, 0.5) is 0 Å².